The van der Waals surface area contributed by atoms with Gasteiger partial charge < -0.3 is 9.47 Å². The fourth-order valence-corrected chi connectivity index (χ4v) is 1.91. The number of hydrogen-bond donors (Lipinski definition) is 0. The number of methoxy groups -OCH3 is 2. The number of carbonyl (C=O) groups excluding carboxylic acids is 2. The van der Waals surface area contributed by atoms with E-state index in [-0.39, 0.29) is 6.42 Å². The molecule has 1 aliphatic carbocycles. The highest BCUT2D eigenvalue weighted by Gasteiger charge is 2.38. The van der Waals surface area contributed by atoms with E-state index in [0.717, 1.165) is 0 Å². The van der Waals surface area contributed by atoms with E-state index in [4.69, 9.17) is 0 Å². The minimum Gasteiger partial charge on any atom is -0.468 e. The van der Waals surface area contributed by atoms with Crippen molar-refractivity contribution in [1.82, 2.24) is 0 Å². The predicted octanol–water partition coefficient (Wildman–Crippen LogP) is 1.35. The number of allylic oxidation sites excluding steroid dienone is 2. The van der Waals surface area contributed by atoms with Crippen molar-refractivity contribution in [3.05, 3.63) is 23.8 Å². The molecule has 5 heteroatoms. The third-order valence-electron chi connectivity index (χ3n) is 2.08. The second kappa shape index (κ2) is 4.61. The molecule has 1 rings (SSSR count). The molecule has 0 aliphatic heterocycles. The first kappa shape index (κ1) is 12.0. The van der Waals surface area contributed by atoms with Crippen LogP contribution in [0.15, 0.2) is 23.8 Å². The summed E-state index contributed by atoms with van der Waals surface area (Å²) < 4.78 is 8.26. The van der Waals surface area contributed by atoms with Crippen LogP contribution in [0.25, 0.3) is 0 Å². The fraction of sp³-hybridized carbons (Fsp3) is 0.400. The molecule has 0 radical (unpaired) electrons. The summed E-state index contributed by atoms with van der Waals surface area (Å²) in [6.07, 6.45) is 5.11. The Bertz CT molecular complexity index is 345. The molecule has 82 valence electrons. The fourth-order valence-electron chi connectivity index (χ4n) is 1.29. The van der Waals surface area contributed by atoms with E-state index in [1.165, 1.54) is 14.2 Å². The maximum absolute atomic E-state index is 11.4. The van der Waals surface area contributed by atoms with E-state index in [9.17, 15) is 9.59 Å². The van der Waals surface area contributed by atoms with Gasteiger partial charge >= 0.3 is 11.9 Å². The minimum absolute atomic E-state index is 0.225. The van der Waals surface area contributed by atoms with Crippen molar-refractivity contribution in [3.8, 4) is 0 Å². The smallest absolute Gasteiger partial charge is 0.333 e. The zero-order valence-electron chi connectivity index (χ0n) is 8.45. The van der Waals surface area contributed by atoms with Crippen molar-refractivity contribution in [1.29, 1.82) is 0 Å². The lowest BCUT2D eigenvalue weighted by Gasteiger charge is -2.23. The van der Waals surface area contributed by atoms with Crippen LogP contribution in [0.4, 0.5) is 0 Å². The molecule has 0 heterocycles. The molecule has 4 nitrogen and oxygen atoms in total. The molecule has 0 aromatic heterocycles. The Morgan fingerprint density at radius 3 is 2.60 bits per heavy atom. The number of alkyl halides is 1. The first-order valence-corrected chi connectivity index (χ1v) is 5.07. The van der Waals surface area contributed by atoms with Gasteiger partial charge in [0.1, 0.15) is 4.32 Å². The summed E-state index contributed by atoms with van der Waals surface area (Å²) in [7, 11) is 2.60. The molecule has 0 bridgehead atoms. The van der Waals surface area contributed by atoms with Gasteiger partial charge in [-0.2, -0.15) is 0 Å². The molecule has 1 unspecified atom stereocenters. The number of hydrogen-bond acceptors (Lipinski definition) is 4. The van der Waals surface area contributed by atoms with E-state index in [0.29, 0.717) is 5.57 Å². The first-order chi connectivity index (χ1) is 7.03. The number of carbonyl (C=O) groups is 2. The van der Waals surface area contributed by atoms with Gasteiger partial charge in [0.25, 0.3) is 0 Å². The summed E-state index contributed by atoms with van der Waals surface area (Å²) in [5.74, 6) is -0.875. The molecule has 0 spiro atoms. The zero-order valence-corrected chi connectivity index (χ0v) is 10.0. The standard InChI is InChI=1S/C10H11BrO4/c1-14-8(12)7-4-3-5-10(11,6-7)9(13)15-2/h3-5H,6H2,1-2H3. The molecular weight excluding hydrogens is 264 g/mol. The molecule has 0 N–H and O–H groups in total. The molecular formula is C10H11BrO4. The van der Waals surface area contributed by atoms with Crippen molar-refractivity contribution >= 4 is 27.9 Å². The van der Waals surface area contributed by atoms with Crippen LogP contribution >= 0.6 is 15.9 Å². The van der Waals surface area contributed by atoms with Gasteiger partial charge in [-0.1, -0.05) is 34.2 Å². The first-order valence-electron chi connectivity index (χ1n) is 4.27. The number of rotatable bonds is 2. The van der Waals surface area contributed by atoms with Crippen LogP contribution in [0.2, 0.25) is 0 Å². The zero-order chi connectivity index (χ0) is 11.5. The largest absolute Gasteiger partial charge is 0.468 e. The summed E-state index contributed by atoms with van der Waals surface area (Å²) in [5.41, 5.74) is 0.433. The number of halogens is 1. The Kier molecular flexibility index (Phi) is 3.68. The SMILES string of the molecule is COC(=O)C1=CC=CC(Br)(C(=O)OC)C1. The summed E-state index contributed by atoms with van der Waals surface area (Å²) in [6.45, 7) is 0. The maximum Gasteiger partial charge on any atom is 0.333 e. The van der Waals surface area contributed by atoms with Gasteiger partial charge in [-0.3, -0.25) is 4.79 Å². The van der Waals surface area contributed by atoms with Crippen LogP contribution in [0.1, 0.15) is 6.42 Å². The molecule has 15 heavy (non-hydrogen) atoms. The summed E-state index contributed by atoms with van der Waals surface area (Å²) in [5, 5.41) is 0. The second-order valence-corrected chi connectivity index (χ2v) is 4.49. The van der Waals surface area contributed by atoms with Gasteiger partial charge in [0.05, 0.1) is 14.2 Å². The van der Waals surface area contributed by atoms with E-state index < -0.39 is 16.3 Å². The van der Waals surface area contributed by atoms with E-state index in [1.807, 2.05) is 0 Å². The third kappa shape index (κ3) is 2.47. The Labute approximate surface area is 96.1 Å². The molecule has 0 saturated heterocycles. The molecule has 0 fully saturated rings. The highest BCUT2D eigenvalue weighted by molar-refractivity contribution is 9.10. The number of esters is 2. The van der Waals surface area contributed by atoms with Crippen molar-refractivity contribution < 1.29 is 19.1 Å². The third-order valence-corrected chi connectivity index (χ3v) is 2.95. The molecule has 0 aromatic carbocycles. The Morgan fingerprint density at radius 1 is 1.40 bits per heavy atom. The number of ether oxygens (including phenoxy) is 2. The lowest BCUT2D eigenvalue weighted by molar-refractivity contribution is -0.142. The predicted molar refractivity (Wildman–Crippen MR) is 57.5 cm³/mol. The highest BCUT2D eigenvalue weighted by Crippen LogP contribution is 2.33. The van der Waals surface area contributed by atoms with Crippen LogP contribution in [0.3, 0.4) is 0 Å². The van der Waals surface area contributed by atoms with Crippen molar-refractivity contribution in [3.63, 3.8) is 0 Å². The van der Waals surface area contributed by atoms with Crippen molar-refractivity contribution in [2.24, 2.45) is 0 Å². The maximum atomic E-state index is 11.4. The average molecular weight is 275 g/mol. The van der Waals surface area contributed by atoms with Crippen LogP contribution < -0.4 is 0 Å². The van der Waals surface area contributed by atoms with Gasteiger partial charge in [-0.15, -0.1) is 0 Å². The van der Waals surface area contributed by atoms with Gasteiger partial charge in [0.2, 0.25) is 0 Å². The summed E-state index contributed by atoms with van der Waals surface area (Å²) in [6, 6.07) is 0. The lowest BCUT2D eigenvalue weighted by Crippen LogP contribution is -2.34. The lowest BCUT2D eigenvalue weighted by atomic mass is 9.94. The monoisotopic (exact) mass is 274 g/mol. The normalized spacial score (nSPS) is 24.3. The van der Waals surface area contributed by atoms with E-state index in [1.54, 1.807) is 18.2 Å². The Balaban J connectivity index is 2.87. The molecule has 1 aliphatic rings. The van der Waals surface area contributed by atoms with Crippen LogP contribution in [-0.4, -0.2) is 30.5 Å². The van der Waals surface area contributed by atoms with Gasteiger partial charge in [0.15, 0.2) is 0 Å². The van der Waals surface area contributed by atoms with Gasteiger partial charge in [0, 0.05) is 12.0 Å². The Hall–Kier alpha value is -1.10. The van der Waals surface area contributed by atoms with Crippen LogP contribution in [0, 0.1) is 0 Å². The van der Waals surface area contributed by atoms with Crippen LogP contribution in [0.5, 0.6) is 0 Å². The minimum atomic E-state index is -0.958. The summed E-state index contributed by atoms with van der Waals surface area (Å²) in [4.78, 5) is 22.7. The second-order valence-electron chi connectivity index (χ2n) is 3.07. The van der Waals surface area contributed by atoms with Crippen molar-refractivity contribution in [2.75, 3.05) is 14.2 Å². The van der Waals surface area contributed by atoms with Crippen LogP contribution in [-0.2, 0) is 19.1 Å². The summed E-state index contributed by atoms with van der Waals surface area (Å²) >= 11 is 3.25. The topological polar surface area (TPSA) is 52.6 Å². The van der Waals surface area contributed by atoms with Gasteiger partial charge in [-0.05, 0) is 0 Å². The Morgan fingerprint density at radius 2 is 2.07 bits per heavy atom. The molecule has 1 atom stereocenters. The van der Waals surface area contributed by atoms with Crippen molar-refractivity contribution in [2.45, 2.75) is 10.7 Å². The molecule has 0 saturated carbocycles. The van der Waals surface area contributed by atoms with Gasteiger partial charge in [-0.25, -0.2) is 4.79 Å². The average Bonchev–Trinajstić information content (AvgIpc) is 2.26. The molecule has 0 aromatic rings. The van der Waals surface area contributed by atoms with E-state index in [2.05, 4.69) is 25.4 Å². The molecule has 0 amide bonds. The van der Waals surface area contributed by atoms with E-state index >= 15 is 0 Å². The quantitative estimate of drug-likeness (QED) is 0.564. The highest BCUT2D eigenvalue weighted by atomic mass is 79.9.